The Balaban J connectivity index is 0. The van der Waals surface area contributed by atoms with Gasteiger partial charge >= 0.3 is 0 Å². The minimum Gasteiger partial charge on any atom is -0.378 e. The maximum atomic E-state index is 9.04. The van der Waals surface area contributed by atoms with E-state index in [4.69, 9.17) is 20.7 Å². The third kappa shape index (κ3) is 10.1. The molecule has 0 amide bonds. The molecule has 0 saturated heterocycles. The van der Waals surface area contributed by atoms with Gasteiger partial charge in [-0.25, -0.2) is 0 Å². The van der Waals surface area contributed by atoms with Crippen LogP contribution in [0.1, 0.15) is 19.8 Å². The summed E-state index contributed by atoms with van der Waals surface area (Å²) in [4.78, 5) is -1.15. The molecule has 0 spiro atoms. The zero-order chi connectivity index (χ0) is 13.0. The molecule has 2 unspecified atom stereocenters. The maximum absolute atomic E-state index is 9.04. The Kier molecular flexibility index (Phi) is 12.5. The standard InChI is InChI=1S/2C5H9NOS/c1-8-3-2-5(7)4-6;1-3-5(7,4-6)8-2/h5,7H,2-3H2,1H3;7H,3H2,1-2H3. The van der Waals surface area contributed by atoms with Crippen molar-refractivity contribution < 1.29 is 10.2 Å². The van der Waals surface area contributed by atoms with Crippen LogP contribution in [0.15, 0.2) is 0 Å². The lowest BCUT2D eigenvalue weighted by atomic mass is 10.3. The van der Waals surface area contributed by atoms with Gasteiger partial charge in [-0.05, 0) is 31.1 Å². The molecule has 0 aromatic heterocycles. The summed E-state index contributed by atoms with van der Waals surface area (Å²) in [6.45, 7) is 1.78. The number of rotatable bonds is 5. The van der Waals surface area contributed by atoms with Crippen LogP contribution < -0.4 is 0 Å². The molecule has 0 fully saturated rings. The Morgan fingerprint density at radius 1 is 1.38 bits per heavy atom. The average Bonchev–Trinajstić information content (AvgIpc) is 2.35. The van der Waals surface area contributed by atoms with Gasteiger partial charge in [-0.15, -0.1) is 11.8 Å². The number of hydrogen-bond donors (Lipinski definition) is 2. The molecule has 6 heteroatoms. The molecule has 92 valence electrons. The topological polar surface area (TPSA) is 88.0 Å². The first kappa shape index (κ1) is 18.0. The van der Waals surface area contributed by atoms with E-state index in [9.17, 15) is 0 Å². The van der Waals surface area contributed by atoms with Gasteiger partial charge in [0, 0.05) is 0 Å². The Morgan fingerprint density at radius 3 is 2.12 bits per heavy atom. The predicted octanol–water partition coefficient (Wildman–Crippen LogP) is 1.60. The number of aliphatic hydroxyl groups excluding tert-OH is 1. The summed E-state index contributed by atoms with van der Waals surface area (Å²) in [6.07, 6.45) is 3.96. The average molecular weight is 262 g/mol. The van der Waals surface area contributed by atoms with Crippen LogP contribution in [0.4, 0.5) is 0 Å². The highest BCUT2D eigenvalue weighted by Gasteiger charge is 2.20. The highest BCUT2D eigenvalue weighted by molar-refractivity contribution is 8.00. The summed E-state index contributed by atoms with van der Waals surface area (Å²) >= 11 is 2.80. The number of aliphatic hydroxyl groups is 2. The van der Waals surface area contributed by atoms with E-state index in [0.717, 1.165) is 5.75 Å². The molecule has 0 aliphatic heterocycles. The molecule has 0 aliphatic carbocycles. The van der Waals surface area contributed by atoms with Gasteiger partial charge in [0.2, 0.25) is 0 Å². The van der Waals surface area contributed by atoms with Crippen LogP contribution in [0.2, 0.25) is 0 Å². The van der Waals surface area contributed by atoms with E-state index in [0.29, 0.717) is 12.8 Å². The largest absolute Gasteiger partial charge is 0.378 e. The molecule has 0 saturated carbocycles. The third-order valence-electron chi connectivity index (χ3n) is 1.74. The van der Waals surface area contributed by atoms with Gasteiger partial charge in [-0.3, -0.25) is 0 Å². The van der Waals surface area contributed by atoms with Crippen molar-refractivity contribution in [2.24, 2.45) is 0 Å². The van der Waals surface area contributed by atoms with E-state index in [1.54, 1.807) is 37.1 Å². The zero-order valence-corrected chi connectivity index (χ0v) is 11.4. The molecule has 16 heavy (non-hydrogen) atoms. The maximum Gasteiger partial charge on any atom is 0.197 e. The van der Waals surface area contributed by atoms with E-state index < -0.39 is 11.0 Å². The smallest absolute Gasteiger partial charge is 0.197 e. The number of nitrogens with zero attached hydrogens (tertiary/aromatic N) is 2. The Bertz CT molecular complexity index is 244. The SMILES string of the molecule is CCC(O)(C#N)SC.CSCCC(O)C#N. The minimum atomic E-state index is -1.15. The minimum absolute atomic E-state index is 0.477. The van der Waals surface area contributed by atoms with Crippen molar-refractivity contribution >= 4 is 23.5 Å². The Morgan fingerprint density at radius 2 is 1.94 bits per heavy atom. The van der Waals surface area contributed by atoms with Crippen molar-refractivity contribution in [3.63, 3.8) is 0 Å². The van der Waals surface area contributed by atoms with Crippen LogP contribution in [0, 0.1) is 22.7 Å². The summed E-state index contributed by atoms with van der Waals surface area (Å²) in [5, 5.41) is 34.0. The first-order chi connectivity index (χ1) is 7.49. The molecule has 0 bridgehead atoms. The molecule has 0 heterocycles. The van der Waals surface area contributed by atoms with Gasteiger partial charge in [-0.2, -0.15) is 22.3 Å². The summed E-state index contributed by atoms with van der Waals surface area (Å²) in [5.74, 6) is 0.856. The first-order valence-corrected chi connectivity index (χ1v) is 7.36. The second-order valence-corrected chi connectivity index (χ2v) is 4.95. The van der Waals surface area contributed by atoms with E-state index in [-0.39, 0.29) is 0 Å². The highest BCUT2D eigenvalue weighted by Crippen LogP contribution is 2.20. The van der Waals surface area contributed by atoms with Gasteiger partial charge in [0.1, 0.15) is 12.2 Å². The van der Waals surface area contributed by atoms with Crippen LogP contribution in [0.3, 0.4) is 0 Å². The summed E-state index contributed by atoms with van der Waals surface area (Å²) in [6, 6.07) is 3.54. The molecule has 0 aromatic rings. The lowest BCUT2D eigenvalue weighted by Crippen LogP contribution is -2.18. The molecule has 0 rings (SSSR count). The van der Waals surface area contributed by atoms with Crippen LogP contribution in [-0.4, -0.2) is 39.5 Å². The third-order valence-corrected chi connectivity index (χ3v) is 3.44. The van der Waals surface area contributed by atoms with Gasteiger partial charge in [-0.1, -0.05) is 6.92 Å². The van der Waals surface area contributed by atoms with Crippen molar-refractivity contribution in [3.8, 4) is 12.1 Å². The van der Waals surface area contributed by atoms with Crippen molar-refractivity contribution in [3.05, 3.63) is 0 Å². The van der Waals surface area contributed by atoms with E-state index >= 15 is 0 Å². The molecule has 2 N–H and O–H groups in total. The van der Waals surface area contributed by atoms with E-state index in [1.807, 2.05) is 6.26 Å². The zero-order valence-electron chi connectivity index (χ0n) is 9.80. The fourth-order valence-corrected chi connectivity index (χ4v) is 1.40. The molecule has 0 aliphatic rings. The number of thioether (sulfide) groups is 2. The van der Waals surface area contributed by atoms with E-state index in [1.165, 1.54) is 11.8 Å². The summed E-state index contributed by atoms with van der Waals surface area (Å²) in [7, 11) is 0. The van der Waals surface area contributed by atoms with Gasteiger partial charge < -0.3 is 10.2 Å². The summed E-state index contributed by atoms with van der Waals surface area (Å²) < 4.78 is 0. The van der Waals surface area contributed by atoms with Gasteiger partial charge in [0.05, 0.1) is 6.07 Å². The van der Waals surface area contributed by atoms with Crippen molar-refractivity contribution in [2.45, 2.75) is 30.8 Å². The Hall–Kier alpha value is -0.400. The molecular formula is C10H18N2O2S2. The fraction of sp³-hybridized carbons (Fsp3) is 0.800. The van der Waals surface area contributed by atoms with Gasteiger partial charge in [0.25, 0.3) is 0 Å². The lowest BCUT2D eigenvalue weighted by Gasteiger charge is -2.12. The second kappa shape index (κ2) is 11.1. The van der Waals surface area contributed by atoms with Crippen LogP contribution in [0.25, 0.3) is 0 Å². The second-order valence-electron chi connectivity index (χ2n) is 2.88. The molecule has 0 aromatic carbocycles. The molecule has 0 radical (unpaired) electrons. The number of hydrogen-bond acceptors (Lipinski definition) is 6. The molecular weight excluding hydrogens is 244 g/mol. The normalized spacial score (nSPS) is 14.7. The summed E-state index contributed by atoms with van der Waals surface area (Å²) in [5.41, 5.74) is 0. The van der Waals surface area contributed by atoms with E-state index in [2.05, 4.69) is 0 Å². The fourth-order valence-electron chi connectivity index (χ4n) is 0.563. The monoisotopic (exact) mass is 262 g/mol. The first-order valence-electron chi connectivity index (χ1n) is 4.75. The van der Waals surface area contributed by atoms with Crippen molar-refractivity contribution in [2.75, 3.05) is 18.3 Å². The predicted molar refractivity (Wildman–Crippen MR) is 69.0 cm³/mol. The van der Waals surface area contributed by atoms with Crippen LogP contribution >= 0.6 is 23.5 Å². The highest BCUT2D eigenvalue weighted by atomic mass is 32.2. The number of nitriles is 2. The molecule has 4 nitrogen and oxygen atoms in total. The van der Waals surface area contributed by atoms with Crippen molar-refractivity contribution in [1.29, 1.82) is 10.5 Å². The lowest BCUT2D eigenvalue weighted by molar-refractivity contribution is 0.191. The molecule has 2 atom stereocenters. The quantitative estimate of drug-likeness (QED) is 0.578. The van der Waals surface area contributed by atoms with Crippen LogP contribution in [0.5, 0.6) is 0 Å². The van der Waals surface area contributed by atoms with Crippen LogP contribution in [-0.2, 0) is 0 Å². The van der Waals surface area contributed by atoms with Gasteiger partial charge in [0.15, 0.2) is 4.93 Å². The Labute approximate surface area is 106 Å². The van der Waals surface area contributed by atoms with Crippen molar-refractivity contribution in [1.82, 2.24) is 0 Å².